The van der Waals surface area contributed by atoms with Gasteiger partial charge < -0.3 is 20.1 Å². The van der Waals surface area contributed by atoms with Gasteiger partial charge in [0, 0.05) is 25.6 Å². The van der Waals surface area contributed by atoms with Crippen LogP contribution in [0.3, 0.4) is 0 Å². The average Bonchev–Trinajstić information content (AvgIpc) is 2.37. The summed E-state index contributed by atoms with van der Waals surface area (Å²) in [6, 6.07) is 0.392. The van der Waals surface area contributed by atoms with Gasteiger partial charge in [0.15, 0.2) is 5.96 Å². The van der Waals surface area contributed by atoms with E-state index >= 15 is 0 Å². The minimum atomic E-state index is 0. The molecule has 2 saturated heterocycles. The molecule has 0 aromatic heterocycles. The number of guanidine groups is 1. The van der Waals surface area contributed by atoms with Gasteiger partial charge in [-0.15, -0.1) is 24.0 Å². The van der Waals surface area contributed by atoms with Crippen LogP contribution in [0.2, 0.25) is 0 Å². The Morgan fingerprint density at radius 1 is 1.22 bits per heavy atom. The van der Waals surface area contributed by atoms with E-state index in [4.69, 9.17) is 15.2 Å². The number of fused-ring (bicyclic) bond motifs is 1. The van der Waals surface area contributed by atoms with Crippen molar-refractivity contribution >= 4 is 29.9 Å². The van der Waals surface area contributed by atoms with Crippen LogP contribution in [0.15, 0.2) is 4.99 Å². The van der Waals surface area contributed by atoms with Gasteiger partial charge >= 0.3 is 0 Å². The molecule has 0 amide bonds. The summed E-state index contributed by atoms with van der Waals surface area (Å²) < 4.78 is 11.0. The molecule has 3 aliphatic rings. The molecule has 5 nitrogen and oxygen atoms in total. The molecular weight excluding hydrogens is 345 g/mol. The average molecular weight is 367 g/mol. The van der Waals surface area contributed by atoms with Gasteiger partial charge in [-0.1, -0.05) is 0 Å². The lowest BCUT2D eigenvalue weighted by atomic mass is 9.73. The maximum atomic E-state index is 6.06. The van der Waals surface area contributed by atoms with Crippen molar-refractivity contribution in [3.8, 4) is 0 Å². The summed E-state index contributed by atoms with van der Waals surface area (Å²) in [7, 11) is 0. The standard InChI is InChI=1S/C12H21N3O2.HI/c13-12(15-3-6-16-7-4-15)14-10-8-11-9(10)2-1-5-17-11;/h9-11H,1-8H2,(H2,13,14);1H. The highest BCUT2D eigenvalue weighted by atomic mass is 127. The molecule has 0 aromatic carbocycles. The number of hydrogen-bond donors (Lipinski definition) is 1. The lowest BCUT2D eigenvalue weighted by molar-refractivity contribution is -0.0940. The van der Waals surface area contributed by atoms with E-state index in [2.05, 4.69) is 9.89 Å². The van der Waals surface area contributed by atoms with Crippen LogP contribution in [0.4, 0.5) is 0 Å². The highest BCUT2D eigenvalue weighted by molar-refractivity contribution is 14.0. The number of morpholine rings is 1. The van der Waals surface area contributed by atoms with Gasteiger partial charge in [-0.3, -0.25) is 0 Å². The molecule has 0 aromatic rings. The Kier molecular flexibility index (Phi) is 5.08. The summed E-state index contributed by atoms with van der Waals surface area (Å²) in [6.45, 7) is 4.18. The molecule has 0 spiro atoms. The van der Waals surface area contributed by atoms with Gasteiger partial charge in [0.25, 0.3) is 0 Å². The lowest BCUT2D eigenvalue weighted by Gasteiger charge is -2.45. The summed E-state index contributed by atoms with van der Waals surface area (Å²) in [5.74, 6) is 1.31. The first-order valence-electron chi connectivity index (χ1n) is 6.62. The molecule has 3 rings (SSSR count). The second-order valence-electron chi connectivity index (χ2n) is 5.11. The molecule has 0 bridgehead atoms. The zero-order chi connectivity index (χ0) is 11.7. The van der Waals surface area contributed by atoms with Crippen LogP contribution in [0, 0.1) is 5.92 Å². The van der Waals surface area contributed by atoms with Crippen molar-refractivity contribution < 1.29 is 9.47 Å². The van der Waals surface area contributed by atoms with E-state index < -0.39 is 0 Å². The third-order valence-electron chi connectivity index (χ3n) is 4.09. The van der Waals surface area contributed by atoms with Crippen LogP contribution in [0.5, 0.6) is 0 Å². The second kappa shape index (κ2) is 6.38. The molecule has 1 aliphatic carbocycles. The Balaban J connectivity index is 0.00000120. The minimum Gasteiger partial charge on any atom is -0.378 e. The molecule has 3 atom stereocenters. The topological polar surface area (TPSA) is 60.1 Å². The highest BCUT2D eigenvalue weighted by Crippen LogP contribution is 2.39. The zero-order valence-electron chi connectivity index (χ0n) is 10.6. The smallest absolute Gasteiger partial charge is 0.191 e. The fourth-order valence-corrected chi connectivity index (χ4v) is 2.96. The van der Waals surface area contributed by atoms with Crippen LogP contribution < -0.4 is 5.73 Å². The third-order valence-corrected chi connectivity index (χ3v) is 4.09. The van der Waals surface area contributed by atoms with Gasteiger partial charge in [-0.05, 0) is 19.3 Å². The van der Waals surface area contributed by atoms with E-state index in [0.717, 1.165) is 39.3 Å². The van der Waals surface area contributed by atoms with E-state index in [-0.39, 0.29) is 24.0 Å². The van der Waals surface area contributed by atoms with Gasteiger partial charge in [0.05, 0.1) is 25.4 Å². The highest BCUT2D eigenvalue weighted by Gasteiger charge is 2.43. The molecule has 6 heteroatoms. The van der Waals surface area contributed by atoms with E-state index in [9.17, 15) is 0 Å². The summed E-state index contributed by atoms with van der Waals surface area (Å²) >= 11 is 0. The van der Waals surface area contributed by atoms with E-state index in [0.29, 0.717) is 24.0 Å². The fourth-order valence-electron chi connectivity index (χ4n) is 2.96. The quantitative estimate of drug-likeness (QED) is 0.424. The first-order chi connectivity index (χ1) is 8.34. The summed E-state index contributed by atoms with van der Waals surface area (Å²) in [6.07, 6.45) is 3.92. The molecule has 18 heavy (non-hydrogen) atoms. The van der Waals surface area contributed by atoms with Crippen molar-refractivity contribution in [2.45, 2.75) is 31.4 Å². The van der Waals surface area contributed by atoms with Crippen LogP contribution in [0.25, 0.3) is 0 Å². The van der Waals surface area contributed by atoms with Crippen molar-refractivity contribution in [3.05, 3.63) is 0 Å². The van der Waals surface area contributed by atoms with Crippen molar-refractivity contribution in [2.75, 3.05) is 32.9 Å². The third kappa shape index (κ3) is 2.91. The molecular formula is C12H22IN3O2. The van der Waals surface area contributed by atoms with Crippen molar-refractivity contribution in [3.63, 3.8) is 0 Å². The molecule has 3 fully saturated rings. The molecule has 2 heterocycles. The molecule has 2 aliphatic heterocycles. The normalized spacial score (nSPS) is 36.3. The molecule has 3 unspecified atom stereocenters. The van der Waals surface area contributed by atoms with Gasteiger partial charge in [0.1, 0.15) is 0 Å². The van der Waals surface area contributed by atoms with Gasteiger partial charge in [-0.25, -0.2) is 4.99 Å². The van der Waals surface area contributed by atoms with Crippen molar-refractivity contribution in [1.29, 1.82) is 0 Å². The number of nitrogens with zero attached hydrogens (tertiary/aromatic N) is 2. The van der Waals surface area contributed by atoms with E-state index in [1.54, 1.807) is 0 Å². The Hall–Kier alpha value is -0.0800. The first-order valence-corrected chi connectivity index (χ1v) is 6.62. The number of aliphatic imine (C=N–C) groups is 1. The Labute approximate surface area is 125 Å². The number of hydrogen-bond acceptors (Lipinski definition) is 3. The van der Waals surface area contributed by atoms with Crippen LogP contribution in [0.1, 0.15) is 19.3 Å². The van der Waals surface area contributed by atoms with Gasteiger partial charge in [0.2, 0.25) is 0 Å². The number of halogens is 1. The first kappa shape index (κ1) is 14.3. The Morgan fingerprint density at radius 2 is 2.00 bits per heavy atom. The second-order valence-corrected chi connectivity index (χ2v) is 5.11. The largest absolute Gasteiger partial charge is 0.378 e. The van der Waals surface area contributed by atoms with Crippen LogP contribution >= 0.6 is 24.0 Å². The van der Waals surface area contributed by atoms with Crippen LogP contribution in [-0.2, 0) is 9.47 Å². The molecule has 2 N–H and O–H groups in total. The van der Waals surface area contributed by atoms with Crippen molar-refractivity contribution in [2.24, 2.45) is 16.6 Å². The van der Waals surface area contributed by atoms with Gasteiger partial charge in [-0.2, -0.15) is 0 Å². The number of rotatable bonds is 1. The number of ether oxygens (including phenoxy) is 2. The molecule has 0 radical (unpaired) electrons. The molecule has 104 valence electrons. The predicted octanol–water partition coefficient (Wildman–Crippen LogP) is 0.819. The Bertz CT molecular complexity index is 308. The van der Waals surface area contributed by atoms with E-state index in [1.165, 1.54) is 12.8 Å². The summed E-state index contributed by atoms with van der Waals surface area (Å²) in [5, 5.41) is 0. The summed E-state index contributed by atoms with van der Waals surface area (Å²) in [5.41, 5.74) is 6.06. The summed E-state index contributed by atoms with van der Waals surface area (Å²) in [4.78, 5) is 6.80. The predicted molar refractivity (Wildman–Crippen MR) is 80.3 cm³/mol. The molecule has 1 saturated carbocycles. The zero-order valence-corrected chi connectivity index (χ0v) is 12.9. The minimum absolute atomic E-state index is 0. The van der Waals surface area contributed by atoms with Crippen molar-refractivity contribution in [1.82, 2.24) is 4.90 Å². The number of nitrogens with two attached hydrogens (primary N) is 1. The van der Waals surface area contributed by atoms with E-state index in [1.807, 2.05) is 0 Å². The lowest BCUT2D eigenvalue weighted by Crippen LogP contribution is -2.51. The fraction of sp³-hybridized carbons (Fsp3) is 0.917. The maximum Gasteiger partial charge on any atom is 0.191 e. The maximum absolute atomic E-state index is 6.06. The SMILES string of the molecule is I.NC(=NC1CC2OCCCC12)N1CCOCC1. The van der Waals surface area contributed by atoms with Crippen LogP contribution in [-0.4, -0.2) is 55.9 Å². The Morgan fingerprint density at radius 3 is 2.72 bits per heavy atom. The monoisotopic (exact) mass is 367 g/mol.